The second kappa shape index (κ2) is 12.4. The summed E-state index contributed by atoms with van der Waals surface area (Å²) in [6.07, 6.45) is 3.64. The first kappa shape index (κ1) is 25.6. The lowest BCUT2D eigenvalue weighted by atomic mass is 9.98. The molecular weight excluding hydrogens is 426 g/mol. The number of hydrogen-bond donors (Lipinski definition) is 1. The number of amides is 2. The Hall–Kier alpha value is -3.02. The summed E-state index contributed by atoms with van der Waals surface area (Å²) in [5.74, 6) is 2.04. The highest BCUT2D eigenvalue weighted by Crippen LogP contribution is 2.29. The van der Waals surface area contributed by atoms with Crippen LogP contribution in [0.3, 0.4) is 0 Å². The number of nitrogens with zero attached hydrogens (tertiary/aromatic N) is 2. The third kappa shape index (κ3) is 7.79. The number of piperidine rings is 1. The van der Waals surface area contributed by atoms with Crippen molar-refractivity contribution in [3.05, 3.63) is 54.6 Å². The molecule has 3 rings (SSSR count). The highest BCUT2D eigenvalue weighted by atomic mass is 16.5. The second-order valence-corrected chi connectivity index (χ2v) is 9.88. The van der Waals surface area contributed by atoms with Gasteiger partial charge in [0.1, 0.15) is 11.5 Å². The highest BCUT2D eigenvalue weighted by Gasteiger charge is 2.28. The maximum absolute atomic E-state index is 12.7. The third-order valence-corrected chi connectivity index (χ3v) is 6.43. The van der Waals surface area contributed by atoms with Crippen LogP contribution in [0, 0.1) is 11.8 Å². The molecule has 1 aliphatic heterocycles. The molecule has 0 aromatic heterocycles. The van der Waals surface area contributed by atoms with Gasteiger partial charge in [0.2, 0.25) is 11.8 Å². The first-order chi connectivity index (χ1) is 16.3. The van der Waals surface area contributed by atoms with E-state index in [2.05, 4.69) is 30.9 Å². The van der Waals surface area contributed by atoms with Crippen LogP contribution in [0.1, 0.15) is 52.9 Å². The minimum absolute atomic E-state index is 0.0121. The van der Waals surface area contributed by atoms with Gasteiger partial charge in [0.15, 0.2) is 0 Å². The molecular formula is C28H39N3O3. The predicted octanol–water partition coefficient (Wildman–Crippen LogP) is 5.22. The number of benzene rings is 2. The van der Waals surface area contributed by atoms with E-state index in [4.69, 9.17) is 10.5 Å². The average Bonchev–Trinajstić information content (AvgIpc) is 2.80. The van der Waals surface area contributed by atoms with E-state index in [9.17, 15) is 9.59 Å². The van der Waals surface area contributed by atoms with E-state index in [1.54, 1.807) is 0 Å². The minimum Gasteiger partial charge on any atom is -0.457 e. The van der Waals surface area contributed by atoms with Crippen molar-refractivity contribution < 1.29 is 14.3 Å². The molecule has 0 aliphatic carbocycles. The van der Waals surface area contributed by atoms with Gasteiger partial charge in [-0.3, -0.25) is 9.59 Å². The Morgan fingerprint density at radius 3 is 2.18 bits per heavy atom. The molecule has 2 amide bonds. The number of ether oxygens (including phenoxy) is 1. The van der Waals surface area contributed by atoms with E-state index in [-0.39, 0.29) is 24.2 Å². The summed E-state index contributed by atoms with van der Waals surface area (Å²) in [6.45, 7) is 8.91. The van der Waals surface area contributed by atoms with Crippen molar-refractivity contribution in [3.63, 3.8) is 0 Å². The number of carbonyl (C=O) groups is 2. The Labute approximate surface area is 204 Å². The van der Waals surface area contributed by atoms with Crippen LogP contribution in [0.25, 0.3) is 0 Å². The molecule has 34 heavy (non-hydrogen) atoms. The molecule has 2 aromatic rings. The minimum atomic E-state index is -0.347. The molecule has 0 spiro atoms. The zero-order valence-electron chi connectivity index (χ0n) is 20.8. The SMILES string of the molecule is CC(C)CCN(c1ccc(Oc2ccccc2)cc1)C1CCN(C(=O)CC(C)CC(N)=O)CC1. The molecule has 184 valence electrons. The van der Waals surface area contributed by atoms with E-state index < -0.39 is 0 Å². The fourth-order valence-electron chi connectivity index (χ4n) is 4.52. The van der Waals surface area contributed by atoms with E-state index in [0.717, 1.165) is 50.4 Å². The lowest BCUT2D eigenvalue weighted by Crippen LogP contribution is -2.47. The molecule has 1 unspecified atom stereocenters. The molecule has 1 atom stereocenters. The van der Waals surface area contributed by atoms with Crippen LogP contribution in [-0.4, -0.2) is 42.4 Å². The lowest BCUT2D eigenvalue weighted by molar-refractivity contribution is -0.133. The van der Waals surface area contributed by atoms with Gasteiger partial charge in [0, 0.05) is 44.2 Å². The van der Waals surface area contributed by atoms with Crippen LogP contribution < -0.4 is 15.4 Å². The molecule has 1 fully saturated rings. The van der Waals surface area contributed by atoms with Crippen molar-refractivity contribution in [2.24, 2.45) is 17.6 Å². The third-order valence-electron chi connectivity index (χ3n) is 6.43. The van der Waals surface area contributed by atoms with Crippen LogP contribution in [-0.2, 0) is 9.59 Å². The standard InChI is InChI=1S/C28H39N3O3/c1-21(2)13-18-31(23-9-11-26(12-10-23)34-25-7-5-4-6-8-25)24-14-16-30(17-15-24)28(33)20-22(3)19-27(29)32/h4-12,21-22,24H,13-20H2,1-3H3,(H2,29,32). The summed E-state index contributed by atoms with van der Waals surface area (Å²) in [5, 5.41) is 0. The number of nitrogens with two attached hydrogens (primary N) is 1. The second-order valence-electron chi connectivity index (χ2n) is 9.88. The summed E-state index contributed by atoms with van der Waals surface area (Å²) in [4.78, 5) is 28.3. The van der Waals surface area contributed by atoms with Crippen LogP contribution in [0.2, 0.25) is 0 Å². The fourth-order valence-corrected chi connectivity index (χ4v) is 4.52. The van der Waals surface area contributed by atoms with Crippen molar-refractivity contribution in [1.29, 1.82) is 0 Å². The van der Waals surface area contributed by atoms with Gasteiger partial charge in [-0.05, 0) is 67.5 Å². The summed E-state index contributed by atoms with van der Waals surface area (Å²) in [7, 11) is 0. The molecule has 1 heterocycles. The lowest BCUT2D eigenvalue weighted by Gasteiger charge is -2.40. The highest BCUT2D eigenvalue weighted by molar-refractivity contribution is 5.78. The van der Waals surface area contributed by atoms with Gasteiger partial charge < -0.3 is 20.3 Å². The Balaban J connectivity index is 1.61. The van der Waals surface area contributed by atoms with E-state index >= 15 is 0 Å². The molecule has 0 saturated carbocycles. The number of hydrogen-bond acceptors (Lipinski definition) is 4. The Morgan fingerprint density at radius 2 is 1.59 bits per heavy atom. The van der Waals surface area contributed by atoms with Crippen molar-refractivity contribution in [1.82, 2.24) is 4.90 Å². The Morgan fingerprint density at radius 1 is 0.971 bits per heavy atom. The number of para-hydroxylation sites is 1. The zero-order chi connectivity index (χ0) is 24.5. The van der Waals surface area contributed by atoms with Gasteiger partial charge >= 0.3 is 0 Å². The Kier molecular flexibility index (Phi) is 9.37. The molecule has 6 heteroatoms. The molecule has 0 bridgehead atoms. The first-order valence-electron chi connectivity index (χ1n) is 12.5. The van der Waals surface area contributed by atoms with Gasteiger partial charge in [-0.25, -0.2) is 0 Å². The molecule has 6 nitrogen and oxygen atoms in total. The predicted molar refractivity (Wildman–Crippen MR) is 137 cm³/mol. The van der Waals surface area contributed by atoms with Gasteiger partial charge in [0.05, 0.1) is 0 Å². The normalized spacial score (nSPS) is 15.2. The van der Waals surface area contributed by atoms with Gasteiger partial charge in [-0.1, -0.05) is 39.0 Å². The first-order valence-corrected chi connectivity index (χ1v) is 12.5. The number of rotatable bonds is 11. The van der Waals surface area contributed by atoms with Crippen molar-refractivity contribution in [2.75, 3.05) is 24.5 Å². The van der Waals surface area contributed by atoms with Crippen LogP contribution in [0.5, 0.6) is 11.5 Å². The molecule has 2 N–H and O–H groups in total. The topological polar surface area (TPSA) is 75.9 Å². The van der Waals surface area contributed by atoms with Crippen molar-refractivity contribution in [2.45, 2.75) is 58.9 Å². The smallest absolute Gasteiger partial charge is 0.222 e. The molecule has 1 aliphatic rings. The van der Waals surface area contributed by atoms with Crippen LogP contribution >= 0.6 is 0 Å². The number of anilines is 1. The number of primary amides is 1. The summed E-state index contributed by atoms with van der Waals surface area (Å²) in [5.41, 5.74) is 6.47. The van der Waals surface area contributed by atoms with Gasteiger partial charge in [-0.15, -0.1) is 0 Å². The van der Waals surface area contributed by atoms with E-state index in [0.29, 0.717) is 18.4 Å². The number of likely N-dealkylation sites (tertiary alicyclic amines) is 1. The zero-order valence-corrected chi connectivity index (χ0v) is 20.8. The van der Waals surface area contributed by atoms with E-state index in [1.807, 2.05) is 54.3 Å². The summed E-state index contributed by atoms with van der Waals surface area (Å²) < 4.78 is 5.96. The largest absolute Gasteiger partial charge is 0.457 e. The fraction of sp³-hybridized carbons (Fsp3) is 0.500. The monoisotopic (exact) mass is 465 g/mol. The summed E-state index contributed by atoms with van der Waals surface area (Å²) >= 11 is 0. The molecule has 2 aromatic carbocycles. The summed E-state index contributed by atoms with van der Waals surface area (Å²) in [6, 6.07) is 18.5. The van der Waals surface area contributed by atoms with Crippen LogP contribution in [0.4, 0.5) is 5.69 Å². The van der Waals surface area contributed by atoms with E-state index in [1.165, 1.54) is 5.69 Å². The van der Waals surface area contributed by atoms with Crippen LogP contribution in [0.15, 0.2) is 54.6 Å². The van der Waals surface area contributed by atoms with Gasteiger partial charge in [-0.2, -0.15) is 0 Å². The maximum Gasteiger partial charge on any atom is 0.222 e. The maximum atomic E-state index is 12.7. The molecule has 0 radical (unpaired) electrons. The quantitative estimate of drug-likeness (QED) is 0.493. The van der Waals surface area contributed by atoms with Crippen molar-refractivity contribution in [3.8, 4) is 11.5 Å². The molecule has 1 saturated heterocycles. The number of carbonyl (C=O) groups excluding carboxylic acids is 2. The average molecular weight is 466 g/mol. The van der Waals surface area contributed by atoms with Crippen molar-refractivity contribution >= 4 is 17.5 Å². The Bertz CT molecular complexity index is 906. The van der Waals surface area contributed by atoms with Gasteiger partial charge in [0.25, 0.3) is 0 Å².